The SMILES string of the molecule is CCOC(=O)/C=C1\CC2(NC(=O)COc3ccc(Cl)c(F)c3)CCC1(NC(=O)COc1ccc(Cl)c(F)c1)CC2. The van der Waals surface area contributed by atoms with Crippen molar-refractivity contribution in [3.63, 3.8) is 0 Å². The summed E-state index contributed by atoms with van der Waals surface area (Å²) in [6.07, 6.45) is 3.62. The van der Waals surface area contributed by atoms with Crippen LogP contribution >= 0.6 is 23.2 Å². The molecule has 0 spiro atoms. The van der Waals surface area contributed by atoms with Crippen molar-refractivity contribution >= 4 is 41.0 Å². The zero-order valence-corrected chi connectivity index (χ0v) is 23.2. The van der Waals surface area contributed by atoms with Gasteiger partial charge in [0.1, 0.15) is 23.1 Å². The van der Waals surface area contributed by atoms with Gasteiger partial charge in [0, 0.05) is 23.7 Å². The minimum atomic E-state index is -0.831. The Morgan fingerprint density at radius 1 is 0.875 bits per heavy atom. The number of esters is 1. The average Bonchev–Trinajstić information content (AvgIpc) is 2.91. The molecule has 0 radical (unpaired) electrons. The first-order valence-corrected chi connectivity index (χ1v) is 13.4. The van der Waals surface area contributed by atoms with Gasteiger partial charge in [0.15, 0.2) is 13.2 Å². The van der Waals surface area contributed by atoms with E-state index in [-0.39, 0.29) is 41.4 Å². The predicted molar refractivity (Wildman–Crippen MR) is 143 cm³/mol. The third kappa shape index (κ3) is 7.03. The lowest BCUT2D eigenvalue weighted by molar-refractivity contribution is -0.137. The van der Waals surface area contributed by atoms with Crippen LogP contribution in [-0.2, 0) is 19.1 Å². The number of halogens is 4. The number of carbonyl (C=O) groups excluding carboxylic acids is 3. The second kappa shape index (κ2) is 12.4. The van der Waals surface area contributed by atoms with Crippen LogP contribution in [0.2, 0.25) is 10.0 Å². The topological polar surface area (TPSA) is 103 Å². The summed E-state index contributed by atoms with van der Waals surface area (Å²) in [7, 11) is 0. The van der Waals surface area contributed by atoms with Crippen molar-refractivity contribution in [1.29, 1.82) is 0 Å². The normalized spacial score (nSPS) is 22.5. The molecule has 40 heavy (non-hydrogen) atoms. The summed E-state index contributed by atoms with van der Waals surface area (Å²) in [6, 6.07) is 7.77. The Hall–Kier alpha value is -3.37. The Morgan fingerprint density at radius 3 is 1.90 bits per heavy atom. The Bertz CT molecular complexity index is 1330. The molecule has 3 fully saturated rings. The Kier molecular flexibility index (Phi) is 9.20. The first-order chi connectivity index (χ1) is 19.0. The van der Waals surface area contributed by atoms with E-state index in [2.05, 4.69) is 10.6 Å². The third-order valence-corrected chi connectivity index (χ3v) is 7.70. The first kappa shape index (κ1) is 29.6. The van der Waals surface area contributed by atoms with Crippen molar-refractivity contribution < 1.29 is 37.4 Å². The summed E-state index contributed by atoms with van der Waals surface area (Å²) >= 11 is 11.4. The van der Waals surface area contributed by atoms with Gasteiger partial charge >= 0.3 is 5.97 Å². The molecule has 3 saturated carbocycles. The van der Waals surface area contributed by atoms with Crippen LogP contribution in [0, 0.1) is 11.6 Å². The Labute approximate surface area is 239 Å². The number of benzene rings is 2. The number of hydrogen-bond acceptors (Lipinski definition) is 6. The largest absolute Gasteiger partial charge is 0.484 e. The van der Waals surface area contributed by atoms with E-state index in [9.17, 15) is 23.2 Å². The summed E-state index contributed by atoms with van der Waals surface area (Å²) in [4.78, 5) is 38.1. The van der Waals surface area contributed by atoms with Gasteiger partial charge in [-0.1, -0.05) is 23.2 Å². The molecular formula is C28H28Cl2F2N2O6. The average molecular weight is 597 g/mol. The molecule has 8 nitrogen and oxygen atoms in total. The molecular weight excluding hydrogens is 569 g/mol. The van der Waals surface area contributed by atoms with Gasteiger partial charge in [-0.15, -0.1) is 0 Å². The molecule has 5 rings (SSSR count). The third-order valence-electron chi connectivity index (χ3n) is 7.09. The standard InChI is InChI=1S/C28H28Cl2F2N2O6/c1-2-38-26(37)11-17-14-27(33-24(35)15-39-18-3-5-20(29)22(31)12-18)7-9-28(17,10-8-27)34-25(36)16-40-19-4-6-21(30)23(32)13-19/h3-6,11-13H,2,7-10,14-16H2,1H3,(H,33,35)(H,34,36)/b17-11+. The fraction of sp³-hybridized carbons (Fsp3) is 0.393. The van der Waals surface area contributed by atoms with E-state index in [1.54, 1.807) is 6.92 Å². The lowest BCUT2D eigenvalue weighted by Crippen LogP contribution is -2.65. The van der Waals surface area contributed by atoms with Gasteiger partial charge in [0.05, 0.1) is 22.2 Å². The van der Waals surface area contributed by atoms with Crippen molar-refractivity contribution in [2.75, 3.05) is 19.8 Å². The molecule has 0 aromatic heterocycles. The summed E-state index contributed by atoms with van der Waals surface area (Å²) in [5.41, 5.74) is -0.869. The molecule has 12 heteroatoms. The number of fused-ring (bicyclic) bond motifs is 3. The highest BCUT2D eigenvalue weighted by molar-refractivity contribution is 6.31. The molecule has 2 N–H and O–H groups in total. The highest BCUT2D eigenvalue weighted by Crippen LogP contribution is 2.50. The van der Waals surface area contributed by atoms with Crippen molar-refractivity contribution in [3.8, 4) is 11.5 Å². The summed E-state index contributed by atoms with van der Waals surface area (Å²) < 4.78 is 43.3. The second-order valence-electron chi connectivity index (χ2n) is 9.79. The maximum atomic E-state index is 13.7. The zero-order valence-electron chi connectivity index (χ0n) is 21.7. The van der Waals surface area contributed by atoms with Crippen LogP contribution < -0.4 is 20.1 Å². The lowest BCUT2D eigenvalue weighted by Gasteiger charge is -2.55. The molecule has 2 aromatic carbocycles. The van der Waals surface area contributed by atoms with Gasteiger partial charge in [-0.3, -0.25) is 9.59 Å². The van der Waals surface area contributed by atoms with Crippen molar-refractivity contribution in [3.05, 3.63) is 69.7 Å². The summed E-state index contributed by atoms with van der Waals surface area (Å²) in [5, 5.41) is 5.90. The quantitative estimate of drug-likeness (QED) is 0.298. The molecule has 0 atom stereocenters. The van der Waals surface area contributed by atoms with E-state index in [4.69, 9.17) is 37.4 Å². The van der Waals surface area contributed by atoms with Gasteiger partial charge in [-0.25, -0.2) is 13.6 Å². The van der Waals surface area contributed by atoms with Crippen molar-refractivity contribution in [2.24, 2.45) is 0 Å². The van der Waals surface area contributed by atoms with E-state index in [1.807, 2.05) is 0 Å². The van der Waals surface area contributed by atoms with Crippen molar-refractivity contribution in [1.82, 2.24) is 10.6 Å². The van der Waals surface area contributed by atoms with Crippen LogP contribution in [0.15, 0.2) is 48.0 Å². The number of amides is 2. The van der Waals surface area contributed by atoms with E-state index in [0.717, 1.165) is 12.1 Å². The number of nitrogens with one attached hydrogen (secondary N) is 2. The van der Waals surface area contributed by atoms with Crippen LogP contribution in [-0.4, -0.2) is 48.7 Å². The maximum Gasteiger partial charge on any atom is 0.330 e. The van der Waals surface area contributed by atoms with Gasteiger partial charge in [0.25, 0.3) is 11.8 Å². The molecule has 0 saturated heterocycles. The Balaban J connectivity index is 1.42. The molecule has 3 aliphatic rings. The smallest absolute Gasteiger partial charge is 0.330 e. The van der Waals surface area contributed by atoms with Crippen LogP contribution in [0.4, 0.5) is 8.78 Å². The molecule has 0 heterocycles. The second-order valence-corrected chi connectivity index (χ2v) is 10.6. The predicted octanol–water partition coefficient (Wildman–Crippen LogP) is 4.91. The Morgan fingerprint density at radius 2 is 1.40 bits per heavy atom. The molecule has 2 aromatic rings. The van der Waals surface area contributed by atoms with Gasteiger partial charge in [-0.2, -0.15) is 0 Å². The number of carbonyl (C=O) groups is 3. The van der Waals surface area contributed by atoms with Crippen molar-refractivity contribution in [2.45, 2.75) is 50.1 Å². The number of rotatable bonds is 10. The molecule has 3 aliphatic carbocycles. The lowest BCUT2D eigenvalue weighted by atomic mass is 9.58. The molecule has 2 amide bonds. The van der Waals surface area contributed by atoms with Crippen LogP contribution in [0.3, 0.4) is 0 Å². The van der Waals surface area contributed by atoms with Gasteiger partial charge in [0.2, 0.25) is 0 Å². The molecule has 0 unspecified atom stereocenters. The van der Waals surface area contributed by atoms with E-state index in [0.29, 0.717) is 37.7 Å². The first-order valence-electron chi connectivity index (χ1n) is 12.7. The van der Waals surface area contributed by atoms with Crippen LogP contribution in [0.5, 0.6) is 11.5 Å². The fourth-order valence-electron chi connectivity index (χ4n) is 5.14. The highest BCUT2D eigenvalue weighted by atomic mass is 35.5. The minimum absolute atomic E-state index is 0.0537. The molecule has 214 valence electrons. The maximum absolute atomic E-state index is 13.7. The fourth-order valence-corrected chi connectivity index (χ4v) is 5.38. The highest BCUT2D eigenvalue weighted by Gasteiger charge is 2.53. The van der Waals surface area contributed by atoms with E-state index in [1.165, 1.54) is 30.3 Å². The van der Waals surface area contributed by atoms with E-state index >= 15 is 0 Å². The number of hydrogen-bond donors (Lipinski definition) is 2. The molecule has 2 bridgehead atoms. The van der Waals surface area contributed by atoms with Gasteiger partial charge < -0.3 is 24.8 Å². The summed E-state index contributed by atoms with van der Waals surface area (Å²) in [6.45, 7) is 1.15. The minimum Gasteiger partial charge on any atom is -0.484 e. The van der Waals surface area contributed by atoms with E-state index < -0.39 is 40.5 Å². The number of ether oxygens (including phenoxy) is 3. The van der Waals surface area contributed by atoms with Gasteiger partial charge in [-0.05, 0) is 68.9 Å². The van der Waals surface area contributed by atoms with Crippen LogP contribution in [0.1, 0.15) is 39.0 Å². The molecule has 0 aliphatic heterocycles. The zero-order chi connectivity index (χ0) is 28.9. The summed E-state index contributed by atoms with van der Waals surface area (Å²) in [5.74, 6) is -2.43. The van der Waals surface area contributed by atoms with Crippen LogP contribution in [0.25, 0.3) is 0 Å². The monoisotopic (exact) mass is 596 g/mol.